The quantitative estimate of drug-likeness (QED) is 0.141. The van der Waals surface area contributed by atoms with Crippen molar-refractivity contribution in [3.8, 4) is 11.4 Å². The summed E-state index contributed by atoms with van der Waals surface area (Å²) in [6.45, 7) is 0.609. The Morgan fingerprint density at radius 1 is 1.03 bits per heavy atom. The van der Waals surface area contributed by atoms with Crippen LogP contribution in [0.2, 0.25) is 0 Å². The van der Waals surface area contributed by atoms with Crippen molar-refractivity contribution in [2.24, 2.45) is 0 Å². The Balaban J connectivity index is 1.38. The van der Waals surface area contributed by atoms with Gasteiger partial charge in [-0.1, -0.05) is 54.2 Å². The van der Waals surface area contributed by atoms with Crippen LogP contribution in [0.5, 0.6) is 5.75 Å². The van der Waals surface area contributed by atoms with Gasteiger partial charge in [0, 0.05) is 36.8 Å². The van der Waals surface area contributed by atoms with Gasteiger partial charge in [0.05, 0.1) is 5.69 Å². The van der Waals surface area contributed by atoms with Gasteiger partial charge in [0.25, 0.3) is 0 Å². The highest BCUT2D eigenvalue weighted by molar-refractivity contribution is 7.99. The number of thioether (sulfide) groups is 1. The summed E-state index contributed by atoms with van der Waals surface area (Å²) in [5.74, 6) is 1.01. The number of phenols is 1. The highest BCUT2D eigenvalue weighted by atomic mass is 32.2. The van der Waals surface area contributed by atoms with Gasteiger partial charge in [-0.2, -0.15) is 0 Å². The molecule has 1 aromatic heterocycles. The molecular weight excluding hydrogens is 491 g/mol. The van der Waals surface area contributed by atoms with Crippen LogP contribution in [-0.2, 0) is 13.0 Å². The number of aliphatic hydroxyl groups is 2. The molecule has 1 unspecified atom stereocenters. The molecule has 194 valence electrons. The third-order valence-electron chi connectivity index (χ3n) is 5.96. The summed E-state index contributed by atoms with van der Waals surface area (Å²) in [5, 5.41) is 43.1. The summed E-state index contributed by atoms with van der Waals surface area (Å²) in [6.07, 6.45) is 6.64. The van der Waals surface area contributed by atoms with E-state index in [1.807, 2.05) is 41.0 Å². The Bertz CT molecular complexity index is 1270. The third kappa shape index (κ3) is 7.79. The van der Waals surface area contributed by atoms with Crippen molar-refractivity contribution in [3.63, 3.8) is 0 Å². The fraction of sp³-hybridized carbons (Fsp3) is 0.286. The zero-order valence-corrected chi connectivity index (χ0v) is 21.2. The van der Waals surface area contributed by atoms with Crippen molar-refractivity contribution in [2.45, 2.75) is 50.0 Å². The fourth-order valence-corrected chi connectivity index (χ4v) is 4.93. The Labute approximate surface area is 220 Å². The summed E-state index contributed by atoms with van der Waals surface area (Å²) < 4.78 is 15.5. The number of benzene rings is 2. The van der Waals surface area contributed by atoms with Crippen molar-refractivity contribution < 1.29 is 19.7 Å². The maximum Gasteiger partial charge on any atom is 0.196 e. The lowest BCUT2D eigenvalue weighted by Gasteiger charge is -2.13. The van der Waals surface area contributed by atoms with Crippen molar-refractivity contribution in [1.82, 2.24) is 20.1 Å². The van der Waals surface area contributed by atoms with Gasteiger partial charge in [-0.15, -0.1) is 10.2 Å². The van der Waals surface area contributed by atoms with Crippen LogP contribution in [0.15, 0.2) is 95.1 Å². The zero-order chi connectivity index (χ0) is 26.0. The first kappa shape index (κ1) is 26.7. The Morgan fingerprint density at radius 3 is 2.68 bits per heavy atom. The van der Waals surface area contributed by atoms with Crippen LogP contribution in [0.3, 0.4) is 0 Å². The molecule has 1 atom stereocenters. The normalized spacial score (nSPS) is 14.5. The smallest absolute Gasteiger partial charge is 0.196 e. The summed E-state index contributed by atoms with van der Waals surface area (Å²) >= 11 is 1.38. The predicted molar refractivity (Wildman–Crippen MR) is 143 cm³/mol. The van der Waals surface area contributed by atoms with E-state index in [2.05, 4.69) is 15.5 Å². The maximum atomic E-state index is 13.6. The van der Waals surface area contributed by atoms with Gasteiger partial charge in [0.15, 0.2) is 5.16 Å². The Kier molecular flexibility index (Phi) is 9.53. The first-order valence-corrected chi connectivity index (χ1v) is 13.2. The number of aromatic nitrogens is 3. The molecule has 0 saturated carbocycles. The molecule has 0 fully saturated rings. The largest absolute Gasteiger partial charge is 0.512 e. The highest BCUT2D eigenvalue weighted by Gasteiger charge is 2.17. The van der Waals surface area contributed by atoms with E-state index >= 15 is 0 Å². The maximum absolute atomic E-state index is 13.6. The Morgan fingerprint density at radius 2 is 1.86 bits per heavy atom. The number of nitrogens with one attached hydrogen (secondary N) is 1. The molecule has 0 spiro atoms. The standard InChI is InChI=1S/C28H31FN4O3S/c29-22-14-13-21(25(35)16-15-22)19-37-28-32-31-26(33(28)23-9-6-10-24(34)17-23)11-4-5-12-27(36)30-18-20-7-2-1-3-8-20/h1-3,6-10,13-15,17,27,30,34-36H,4-5,11-12,16,18-19H2. The molecule has 0 aliphatic heterocycles. The number of unbranched alkanes of at least 4 members (excludes halogenated alkanes) is 1. The molecule has 37 heavy (non-hydrogen) atoms. The van der Waals surface area contributed by atoms with E-state index in [1.165, 1.54) is 23.9 Å². The topological polar surface area (TPSA) is 103 Å². The van der Waals surface area contributed by atoms with Gasteiger partial charge in [-0.05, 0) is 49.1 Å². The van der Waals surface area contributed by atoms with Gasteiger partial charge < -0.3 is 15.3 Å². The number of rotatable bonds is 12. The number of allylic oxidation sites excluding steroid dienone is 4. The molecule has 7 nitrogen and oxygen atoms in total. The number of hydrogen-bond acceptors (Lipinski definition) is 7. The molecule has 1 aliphatic carbocycles. The van der Waals surface area contributed by atoms with Gasteiger partial charge in [-0.25, -0.2) is 4.39 Å². The monoisotopic (exact) mass is 522 g/mol. The van der Waals surface area contributed by atoms with Crippen LogP contribution in [0.4, 0.5) is 4.39 Å². The van der Waals surface area contributed by atoms with E-state index in [0.717, 1.165) is 29.9 Å². The van der Waals surface area contributed by atoms with E-state index in [9.17, 15) is 19.7 Å². The van der Waals surface area contributed by atoms with Crippen LogP contribution < -0.4 is 5.32 Å². The number of nitrogens with zero attached hydrogens (tertiary/aromatic N) is 3. The molecule has 0 saturated heterocycles. The summed E-state index contributed by atoms with van der Waals surface area (Å²) in [7, 11) is 0. The van der Waals surface area contributed by atoms with Gasteiger partial charge in [-0.3, -0.25) is 9.88 Å². The van der Waals surface area contributed by atoms with E-state index in [0.29, 0.717) is 35.9 Å². The minimum Gasteiger partial charge on any atom is -0.512 e. The molecule has 1 aliphatic rings. The van der Waals surface area contributed by atoms with Gasteiger partial charge in [0.2, 0.25) is 0 Å². The first-order chi connectivity index (χ1) is 18.0. The van der Waals surface area contributed by atoms with Crippen LogP contribution in [0, 0.1) is 0 Å². The fourth-order valence-electron chi connectivity index (χ4n) is 3.94. The molecular formula is C28H31FN4O3S. The lowest BCUT2D eigenvalue weighted by atomic mass is 10.1. The highest BCUT2D eigenvalue weighted by Crippen LogP contribution is 2.28. The number of aliphatic hydroxyl groups excluding tert-OH is 2. The first-order valence-electron chi connectivity index (χ1n) is 12.3. The second kappa shape index (κ2) is 13.2. The average molecular weight is 523 g/mol. The summed E-state index contributed by atoms with van der Waals surface area (Å²) in [6, 6.07) is 16.8. The molecule has 0 radical (unpaired) electrons. The number of phenolic OH excluding ortho intramolecular Hbond substituents is 1. The van der Waals surface area contributed by atoms with Crippen molar-refractivity contribution in [1.29, 1.82) is 0 Å². The second-order valence-electron chi connectivity index (χ2n) is 8.77. The number of hydrogen-bond donors (Lipinski definition) is 4. The van der Waals surface area contributed by atoms with E-state index in [1.54, 1.807) is 24.3 Å². The lowest BCUT2D eigenvalue weighted by Crippen LogP contribution is -2.28. The van der Waals surface area contributed by atoms with Crippen LogP contribution in [0.1, 0.15) is 37.1 Å². The van der Waals surface area contributed by atoms with Crippen LogP contribution in [0.25, 0.3) is 5.69 Å². The summed E-state index contributed by atoms with van der Waals surface area (Å²) in [4.78, 5) is 0. The van der Waals surface area contributed by atoms with Crippen LogP contribution >= 0.6 is 11.8 Å². The van der Waals surface area contributed by atoms with Crippen molar-refractivity contribution in [2.75, 3.05) is 5.75 Å². The van der Waals surface area contributed by atoms with Gasteiger partial charge in [0.1, 0.15) is 29.4 Å². The van der Waals surface area contributed by atoms with E-state index in [-0.39, 0.29) is 23.8 Å². The lowest BCUT2D eigenvalue weighted by molar-refractivity contribution is 0.122. The zero-order valence-electron chi connectivity index (χ0n) is 20.4. The molecule has 4 N–H and O–H groups in total. The number of aryl methyl sites for hydroxylation is 1. The molecule has 3 aromatic rings. The SMILES string of the molecule is OC1=C(CSc2nnc(CCCCC(O)NCc3ccccc3)n2-c2cccc(O)c2)C=CC(F)=CC1. The minimum atomic E-state index is -0.594. The summed E-state index contributed by atoms with van der Waals surface area (Å²) in [5.41, 5.74) is 2.47. The molecule has 2 aromatic carbocycles. The molecule has 1 heterocycles. The van der Waals surface area contributed by atoms with E-state index < -0.39 is 6.23 Å². The Hall–Kier alpha value is -3.40. The van der Waals surface area contributed by atoms with E-state index in [4.69, 9.17) is 0 Å². The van der Waals surface area contributed by atoms with Crippen molar-refractivity contribution in [3.05, 3.63) is 101 Å². The molecule has 4 rings (SSSR count). The van der Waals surface area contributed by atoms with Crippen molar-refractivity contribution >= 4 is 11.8 Å². The predicted octanol–water partition coefficient (Wildman–Crippen LogP) is 5.51. The van der Waals surface area contributed by atoms with Gasteiger partial charge >= 0.3 is 0 Å². The average Bonchev–Trinajstić information content (AvgIpc) is 3.24. The number of aromatic hydroxyl groups is 1. The molecule has 0 bridgehead atoms. The molecule has 0 amide bonds. The minimum absolute atomic E-state index is 0.125. The van der Waals surface area contributed by atoms with Crippen LogP contribution in [-0.4, -0.2) is 42.1 Å². The molecule has 9 heteroatoms. The third-order valence-corrected chi connectivity index (χ3v) is 6.94. The number of halogens is 1. The second-order valence-corrected chi connectivity index (χ2v) is 9.71.